The fourth-order valence-corrected chi connectivity index (χ4v) is 2.44. The molecule has 0 fully saturated rings. The maximum atomic E-state index is 10.4. The van der Waals surface area contributed by atoms with E-state index < -0.39 is 0 Å². The van der Waals surface area contributed by atoms with Gasteiger partial charge in [0.05, 0.1) is 18.3 Å². The number of carbonyl (C=O) groups excluding carboxylic acids is 1. The van der Waals surface area contributed by atoms with Gasteiger partial charge in [0.15, 0.2) is 0 Å². The summed E-state index contributed by atoms with van der Waals surface area (Å²) in [7, 11) is 1.64. The van der Waals surface area contributed by atoms with E-state index >= 15 is 0 Å². The van der Waals surface area contributed by atoms with Crippen LogP contribution in [0.1, 0.15) is 5.69 Å². The highest BCUT2D eigenvalue weighted by Crippen LogP contribution is 2.31. The third-order valence-corrected chi connectivity index (χ3v) is 3.45. The number of carbonyl (C=O) groups is 1. The lowest BCUT2D eigenvalue weighted by Crippen LogP contribution is -1.97. The molecule has 3 aromatic rings. The van der Waals surface area contributed by atoms with Crippen molar-refractivity contribution in [3.63, 3.8) is 0 Å². The number of rotatable bonds is 5. The number of aromatic nitrogens is 1. The van der Waals surface area contributed by atoms with Crippen LogP contribution in [0.2, 0.25) is 0 Å². The number of nitrogens with zero attached hydrogens (tertiary/aromatic N) is 1. The zero-order chi connectivity index (χ0) is 15.4. The van der Waals surface area contributed by atoms with Crippen LogP contribution >= 0.6 is 0 Å². The zero-order valence-corrected chi connectivity index (χ0v) is 12.2. The van der Waals surface area contributed by atoms with Crippen molar-refractivity contribution in [3.8, 4) is 16.9 Å². The zero-order valence-electron chi connectivity index (χ0n) is 12.2. The van der Waals surface area contributed by atoms with E-state index in [9.17, 15) is 4.79 Å². The molecule has 4 nitrogen and oxygen atoms in total. The Labute approximate surface area is 128 Å². The van der Waals surface area contributed by atoms with Gasteiger partial charge in [0.2, 0.25) is 0 Å². The Bertz CT molecular complexity index is 800. The molecule has 0 aliphatic carbocycles. The van der Waals surface area contributed by atoms with E-state index in [1.807, 2.05) is 54.6 Å². The van der Waals surface area contributed by atoms with Crippen LogP contribution in [0, 0.1) is 0 Å². The number of benzene rings is 2. The van der Waals surface area contributed by atoms with Crippen LogP contribution in [-0.2, 0) is 16.1 Å². The molecule has 4 heteroatoms. The molecule has 0 spiro atoms. The summed E-state index contributed by atoms with van der Waals surface area (Å²) in [5.74, 6) is 0.781. The fraction of sp³-hybridized carbons (Fsp3) is 0.111. The Morgan fingerprint density at radius 2 is 1.91 bits per heavy atom. The minimum absolute atomic E-state index is 0.158. The molecule has 0 aliphatic heterocycles. The van der Waals surface area contributed by atoms with E-state index in [4.69, 9.17) is 9.47 Å². The Balaban J connectivity index is 2.22. The molecule has 1 aromatic heterocycles. The smallest absolute Gasteiger partial charge is 0.293 e. The Morgan fingerprint density at radius 3 is 2.64 bits per heavy atom. The molecule has 0 aliphatic rings. The van der Waals surface area contributed by atoms with E-state index in [0.717, 1.165) is 27.8 Å². The fourth-order valence-electron chi connectivity index (χ4n) is 2.44. The Hall–Kier alpha value is -2.88. The summed E-state index contributed by atoms with van der Waals surface area (Å²) >= 11 is 0. The molecule has 0 bridgehead atoms. The maximum absolute atomic E-state index is 10.4. The summed E-state index contributed by atoms with van der Waals surface area (Å²) in [6.45, 7) is 0.591. The normalized spacial score (nSPS) is 10.4. The van der Waals surface area contributed by atoms with Crippen molar-refractivity contribution in [1.82, 2.24) is 4.98 Å². The van der Waals surface area contributed by atoms with Crippen LogP contribution in [0.5, 0.6) is 5.75 Å². The average molecular weight is 293 g/mol. The van der Waals surface area contributed by atoms with Crippen LogP contribution < -0.4 is 4.74 Å². The first-order chi connectivity index (χ1) is 10.8. The number of pyridine rings is 1. The highest BCUT2D eigenvalue weighted by atomic mass is 16.5. The van der Waals surface area contributed by atoms with Gasteiger partial charge in [-0.15, -0.1) is 0 Å². The molecule has 0 saturated carbocycles. The van der Waals surface area contributed by atoms with Gasteiger partial charge < -0.3 is 9.47 Å². The number of ether oxygens (including phenoxy) is 2. The second-order valence-electron chi connectivity index (χ2n) is 4.82. The first-order valence-corrected chi connectivity index (χ1v) is 6.90. The number of methoxy groups -OCH3 is 1. The molecule has 0 amide bonds. The van der Waals surface area contributed by atoms with Crippen molar-refractivity contribution < 1.29 is 14.3 Å². The highest BCUT2D eigenvalue weighted by molar-refractivity contribution is 5.95. The molecule has 110 valence electrons. The Kier molecular flexibility index (Phi) is 4.01. The second-order valence-corrected chi connectivity index (χ2v) is 4.82. The number of fused-ring (bicyclic) bond motifs is 1. The van der Waals surface area contributed by atoms with Gasteiger partial charge in [-0.05, 0) is 35.4 Å². The Morgan fingerprint density at radius 1 is 1.09 bits per heavy atom. The van der Waals surface area contributed by atoms with E-state index in [0.29, 0.717) is 12.2 Å². The summed E-state index contributed by atoms with van der Waals surface area (Å²) in [6.07, 6.45) is 0. The summed E-state index contributed by atoms with van der Waals surface area (Å²) in [6, 6.07) is 17.7. The summed E-state index contributed by atoms with van der Waals surface area (Å²) in [5.41, 5.74) is 3.67. The van der Waals surface area contributed by atoms with Gasteiger partial charge in [-0.1, -0.05) is 30.3 Å². The largest absolute Gasteiger partial charge is 0.497 e. The highest BCUT2D eigenvalue weighted by Gasteiger charge is 2.09. The van der Waals surface area contributed by atoms with E-state index in [-0.39, 0.29) is 6.61 Å². The minimum atomic E-state index is 0.158. The lowest BCUT2D eigenvalue weighted by Gasteiger charge is -2.11. The third kappa shape index (κ3) is 2.76. The van der Waals surface area contributed by atoms with Crippen LogP contribution in [0.25, 0.3) is 22.0 Å². The van der Waals surface area contributed by atoms with Gasteiger partial charge in [-0.2, -0.15) is 0 Å². The third-order valence-electron chi connectivity index (χ3n) is 3.45. The standard InChI is InChI=1S/C18H15NO3/c1-21-15-7-8-18-17(10-15)16(13-5-3-2-4-6-13)9-14(19-18)11-22-12-20/h2-10,12H,11H2,1H3. The van der Waals surface area contributed by atoms with Crippen molar-refractivity contribution in [1.29, 1.82) is 0 Å². The van der Waals surface area contributed by atoms with E-state index in [1.54, 1.807) is 7.11 Å². The number of hydrogen-bond acceptors (Lipinski definition) is 4. The first kappa shape index (κ1) is 14.1. The molecule has 0 saturated heterocycles. The average Bonchev–Trinajstić information content (AvgIpc) is 2.59. The minimum Gasteiger partial charge on any atom is -0.497 e. The quantitative estimate of drug-likeness (QED) is 0.675. The summed E-state index contributed by atoms with van der Waals surface area (Å²) < 4.78 is 10.1. The van der Waals surface area contributed by atoms with Gasteiger partial charge in [0, 0.05) is 5.39 Å². The number of hydrogen-bond donors (Lipinski definition) is 0. The lowest BCUT2D eigenvalue weighted by molar-refractivity contribution is -0.129. The molecule has 2 aromatic carbocycles. The molecule has 0 unspecified atom stereocenters. The SMILES string of the molecule is COc1ccc2nc(COC=O)cc(-c3ccccc3)c2c1. The monoisotopic (exact) mass is 293 g/mol. The van der Waals surface area contributed by atoms with Gasteiger partial charge in [-0.3, -0.25) is 4.79 Å². The van der Waals surface area contributed by atoms with Crippen molar-refractivity contribution in [2.75, 3.05) is 7.11 Å². The molecule has 22 heavy (non-hydrogen) atoms. The molecule has 1 heterocycles. The van der Waals surface area contributed by atoms with Gasteiger partial charge >= 0.3 is 0 Å². The molecule has 0 atom stereocenters. The van der Waals surface area contributed by atoms with Crippen LogP contribution in [0.15, 0.2) is 54.6 Å². The van der Waals surface area contributed by atoms with Crippen molar-refractivity contribution >= 4 is 17.4 Å². The maximum Gasteiger partial charge on any atom is 0.293 e. The lowest BCUT2D eigenvalue weighted by atomic mass is 10.00. The molecular formula is C18H15NO3. The molecule has 0 radical (unpaired) electrons. The molecule has 3 rings (SSSR count). The van der Waals surface area contributed by atoms with Crippen molar-refractivity contribution in [2.24, 2.45) is 0 Å². The summed E-state index contributed by atoms with van der Waals surface area (Å²) in [5, 5.41) is 1.00. The van der Waals surface area contributed by atoms with Crippen molar-refractivity contribution in [3.05, 3.63) is 60.3 Å². The topological polar surface area (TPSA) is 48.4 Å². The predicted octanol–water partition coefficient (Wildman–Crippen LogP) is 3.58. The van der Waals surface area contributed by atoms with Gasteiger partial charge in [-0.25, -0.2) is 4.98 Å². The van der Waals surface area contributed by atoms with Crippen LogP contribution in [0.4, 0.5) is 0 Å². The first-order valence-electron chi connectivity index (χ1n) is 6.90. The molecule has 0 N–H and O–H groups in total. The van der Waals surface area contributed by atoms with Crippen LogP contribution in [0.3, 0.4) is 0 Å². The van der Waals surface area contributed by atoms with Crippen LogP contribution in [-0.4, -0.2) is 18.6 Å². The summed E-state index contributed by atoms with van der Waals surface area (Å²) in [4.78, 5) is 14.9. The van der Waals surface area contributed by atoms with Gasteiger partial charge in [0.25, 0.3) is 6.47 Å². The van der Waals surface area contributed by atoms with Crippen molar-refractivity contribution in [2.45, 2.75) is 6.61 Å². The second kappa shape index (κ2) is 6.26. The molecular weight excluding hydrogens is 278 g/mol. The predicted molar refractivity (Wildman–Crippen MR) is 84.6 cm³/mol. The van der Waals surface area contributed by atoms with Gasteiger partial charge in [0.1, 0.15) is 12.4 Å². The van der Waals surface area contributed by atoms with E-state index in [1.165, 1.54) is 0 Å². The van der Waals surface area contributed by atoms with E-state index in [2.05, 4.69) is 4.98 Å².